The highest BCUT2D eigenvalue weighted by atomic mass is 32.2. The lowest BCUT2D eigenvalue weighted by Gasteiger charge is -2.23. The van der Waals surface area contributed by atoms with Crippen molar-refractivity contribution in [2.45, 2.75) is 44.2 Å². The molecule has 2 amide bonds. The van der Waals surface area contributed by atoms with Crippen molar-refractivity contribution in [2.24, 2.45) is 5.92 Å². The van der Waals surface area contributed by atoms with Gasteiger partial charge in [-0.25, -0.2) is 4.98 Å². The largest absolute Gasteiger partial charge is 0.439 e. The molecule has 1 saturated heterocycles. The van der Waals surface area contributed by atoms with E-state index in [1.54, 1.807) is 41.9 Å². The van der Waals surface area contributed by atoms with Gasteiger partial charge in [0, 0.05) is 23.4 Å². The zero-order valence-corrected chi connectivity index (χ0v) is 20.8. The molecule has 2 heterocycles. The van der Waals surface area contributed by atoms with E-state index in [4.69, 9.17) is 4.74 Å². The number of ether oxygens (including phenoxy) is 1. The number of amides is 2. The molecule has 1 aliphatic carbocycles. The predicted octanol–water partition coefficient (Wildman–Crippen LogP) is 4.27. The summed E-state index contributed by atoms with van der Waals surface area (Å²) >= 11 is 3.45. The summed E-state index contributed by atoms with van der Waals surface area (Å²) in [4.78, 5) is 30.1. The molecule has 0 spiro atoms. The van der Waals surface area contributed by atoms with Crippen molar-refractivity contribution in [1.29, 1.82) is 0 Å². The number of pyridine rings is 1. The summed E-state index contributed by atoms with van der Waals surface area (Å²) in [5, 5.41) is 9.05. The van der Waals surface area contributed by atoms with Crippen molar-refractivity contribution < 1.29 is 14.3 Å². The van der Waals surface area contributed by atoms with E-state index in [1.165, 1.54) is 32.1 Å². The van der Waals surface area contributed by atoms with Gasteiger partial charge in [-0.1, -0.05) is 37.5 Å². The number of hydrogen-bond acceptors (Lipinski definition) is 7. The summed E-state index contributed by atoms with van der Waals surface area (Å²) < 4.78 is 5.71. The van der Waals surface area contributed by atoms with Gasteiger partial charge in [0.25, 0.3) is 0 Å². The molecule has 182 valence electrons. The molecule has 1 aromatic heterocycles. The highest BCUT2D eigenvalue weighted by Crippen LogP contribution is 2.27. The molecule has 2 unspecified atom stereocenters. The standard InChI is InChI=1S/C25H32N4O3S2/c30-24(21-15-34-17-27-21)29-22(16-33-14-18-7-3-1-4-8-18)25(31)28-19-11-12-23(26-13-19)32-20-9-5-2-6-10-20/h2,5-6,9-13,18,21-22,27H,1,3-4,7-8,14-17H2,(H,28,31)(H,29,30). The molecule has 2 aromatic rings. The van der Waals surface area contributed by atoms with Crippen LogP contribution in [-0.2, 0) is 9.59 Å². The number of thioether (sulfide) groups is 2. The number of carbonyl (C=O) groups excluding carboxylic acids is 2. The molecular formula is C25H32N4O3S2. The van der Waals surface area contributed by atoms with Crippen LogP contribution in [0.1, 0.15) is 32.1 Å². The summed E-state index contributed by atoms with van der Waals surface area (Å²) in [6.45, 7) is 0. The van der Waals surface area contributed by atoms with Crippen LogP contribution >= 0.6 is 23.5 Å². The van der Waals surface area contributed by atoms with Crippen LogP contribution in [0.4, 0.5) is 5.69 Å². The molecule has 34 heavy (non-hydrogen) atoms. The minimum atomic E-state index is -0.603. The molecule has 2 aliphatic rings. The van der Waals surface area contributed by atoms with Crippen LogP contribution in [0, 0.1) is 5.92 Å². The number of para-hydroxylation sites is 1. The number of hydrogen-bond donors (Lipinski definition) is 3. The molecule has 2 atom stereocenters. The van der Waals surface area contributed by atoms with Crippen LogP contribution in [0.3, 0.4) is 0 Å². The predicted molar refractivity (Wildman–Crippen MR) is 139 cm³/mol. The maximum atomic E-state index is 13.1. The van der Waals surface area contributed by atoms with E-state index in [0.717, 1.165) is 17.4 Å². The lowest BCUT2D eigenvalue weighted by molar-refractivity contribution is -0.126. The van der Waals surface area contributed by atoms with E-state index in [-0.39, 0.29) is 17.9 Å². The van der Waals surface area contributed by atoms with Crippen LogP contribution in [0.5, 0.6) is 11.6 Å². The second-order valence-corrected chi connectivity index (χ2v) is 10.8. The van der Waals surface area contributed by atoms with E-state index in [9.17, 15) is 9.59 Å². The Hall–Kier alpha value is -2.23. The van der Waals surface area contributed by atoms with Gasteiger partial charge in [0.05, 0.1) is 17.9 Å². The zero-order valence-electron chi connectivity index (χ0n) is 19.2. The molecule has 1 saturated carbocycles. The van der Waals surface area contributed by atoms with E-state index >= 15 is 0 Å². The van der Waals surface area contributed by atoms with Gasteiger partial charge in [0.15, 0.2) is 0 Å². The van der Waals surface area contributed by atoms with E-state index in [1.807, 2.05) is 30.3 Å². The Balaban J connectivity index is 1.33. The topological polar surface area (TPSA) is 92.4 Å². The first-order valence-electron chi connectivity index (χ1n) is 11.9. The summed E-state index contributed by atoms with van der Waals surface area (Å²) in [6.07, 6.45) is 8.03. The van der Waals surface area contributed by atoms with Crippen molar-refractivity contribution >= 4 is 41.0 Å². The molecule has 4 rings (SSSR count). The number of nitrogens with one attached hydrogen (secondary N) is 3. The van der Waals surface area contributed by atoms with Crippen LogP contribution < -0.4 is 20.7 Å². The first-order chi connectivity index (χ1) is 16.7. The average molecular weight is 501 g/mol. The monoisotopic (exact) mass is 500 g/mol. The fourth-order valence-electron chi connectivity index (χ4n) is 4.08. The molecular weight excluding hydrogens is 468 g/mol. The SMILES string of the molecule is O=C(NC(CSCC1CCCCC1)C(=O)Nc1ccc(Oc2ccccc2)nc1)C1CSCN1. The van der Waals surface area contributed by atoms with E-state index in [0.29, 0.717) is 29.0 Å². The molecule has 1 aromatic carbocycles. The maximum Gasteiger partial charge on any atom is 0.247 e. The Morgan fingerprint density at radius 1 is 1.15 bits per heavy atom. The van der Waals surface area contributed by atoms with Crippen molar-refractivity contribution in [3.05, 3.63) is 48.7 Å². The van der Waals surface area contributed by atoms with Crippen LogP contribution in [-0.4, -0.2) is 52.0 Å². The Morgan fingerprint density at radius 3 is 2.68 bits per heavy atom. The van der Waals surface area contributed by atoms with Gasteiger partial charge in [-0.2, -0.15) is 11.8 Å². The Morgan fingerprint density at radius 2 is 1.97 bits per heavy atom. The number of benzene rings is 1. The maximum absolute atomic E-state index is 13.1. The normalized spacial score (nSPS) is 19.4. The second kappa shape index (κ2) is 13.0. The highest BCUT2D eigenvalue weighted by molar-refractivity contribution is 7.99. The second-order valence-electron chi connectivity index (χ2n) is 8.66. The lowest BCUT2D eigenvalue weighted by Crippen LogP contribution is -2.51. The van der Waals surface area contributed by atoms with Gasteiger partial charge in [-0.05, 0) is 42.7 Å². The van der Waals surface area contributed by atoms with Gasteiger partial charge in [-0.15, -0.1) is 11.8 Å². The quantitative estimate of drug-likeness (QED) is 0.449. The van der Waals surface area contributed by atoms with Crippen LogP contribution in [0.15, 0.2) is 48.7 Å². The van der Waals surface area contributed by atoms with E-state index in [2.05, 4.69) is 20.9 Å². The van der Waals surface area contributed by atoms with Gasteiger partial charge in [0.2, 0.25) is 17.7 Å². The average Bonchev–Trinajstić information content (AvgIpc) is 3.41. The van der Waals surface area contributed by atoms with Gasteiger partial charge >= 0.3 is 0 Å². The molecule has 1 aliphatic heterocycles. The van der Waals surface area contributed by atoms with Crippen molar-refractivity contribution in [3.63, 3.8) is 0 Å². The molecule has 3 N–H and O–H groups in total. The zero-order chi connectivity index (χ0) is 23.6. The van der Waals surface area contributed by atoms with Crippen LogP contribution in [0.2, 0.25) is 0 Å². The third kappa shape index (κ3) is 7.65. The molecule has 7 nitrogen and oxygen atoms in total. The van der Waals surface area contributed by atoms with Gasteiger partial charge in [-0.3, -0.25) is 14.9 Å². The molecule has 2 fully saturated rings. The highest BCUT2D eigenvalue weighted by Gasteiger charge is 2.28. The summed E-state index contributed by atoms with van der Waals surface area (Å²) in [6, 6.07) is 12.0. The minimum absolute atomic E-state index is 0.117. The third-order valence-corrected chi connectivity index (χ3v) is 8.21. The molecule has 9 heteroatoms. The van der Waals surface area contributed by atoms with Gasteiger partial charge in [0.1, 0.15) is 11.8 Å². The molecule has 0 bridgehead atoms. The number of aromatic nitrogens is 1. The molecule has 0 radical (unpaired) electrons. The van der Waals surface area contributed by atoms with E-state index < -0.39 is 6.04 Å². The smallest absolute Gasteiger partial charge is 0.247 e. The summed E-state index contributed by atoms with van der Waals surface area (Å²) in [5.74, 6) is 4.58. The van der Waals surface area contributed by atoms with Crippen molar-refractivity contribution in [1.82, 2.24) is 15.6 Å². The number of carbonyl (C=O) groups is 2. The number of anilines is 1. The fraction of sp³-hybridized carbons (Fsp3) is 0.480. The lowest BCUT2D eigenvalue weighted by atomic mass is 9.91. The Labute approximate surface area is 209 Å². The Bertz CT molecular complexity index is 918. The van der Waals surface area contributed by atoms with Crippen molar-refractivity contribution in [3.8, 4) is 11.6 Å². The first kappa shape index (κ1) is 24.9. The fourth-order valence-corrected chi connectivity index (χ4v) is 6.29. The first-order valence-corrected chi connectivity index (χ1v) is 14.2. The minimum Gasteiger partial charge on any atom is -0.439 e. The third-order valence-electron chi connectivity index (χ3n) is 6.00. The van der Waals surface area contributed by atoms with Crippen LogP contribution in [0.25, 0.3) is 0 Å². The summed E-state index contributed by atoms with van der Waals surface area (Å²) in [5.41, 5.74) is 0.566. The Kier molecular flexibility index (Phi) is 9.53. The van der Waals surface area contributed by atoms with Gasteiger partial charge < -0.3 is 15.4 Å². The van der Waals surface area contributed by atoms with Crippen molar-refractivity contribution in [2.75, 3.05) is 28.5 Å². The summed E-state index contributed by atoms with van der Waals surface area (Å²) in [7, 11) is 0. The number of nitrogens with zero attached hydrogens (tertiary/aromatic N) is 1. The number of rotatable bonds is 10.